The van der Waals surface area contributed by atoms with Gasteiger partial charge in [0.15, 0.2) is 0 Å². The molecule has 0 aliphatic carbocycles. The molecule has 1 amide bonds. The molecule has 0 saturated heterocycles. The van der Waals surface area contributed by atoms with Gasteiger partial charge in [0.2, 0.25) is 10.0 Å². The fourth-order valence-electron chi connectivity index (χ4n) is 2.95. The number of para-hydroxylation sites is 1. The highest BCUT2D eigenvalue weighted by Crippen LogP contribution is 2.19. The molecule has 174 valence electrons. The Kier molecular flexibility index (Phi) is 7.73. The summed E-state index contributed by atoms with van der Waals surface area (Å²) >= 11 is 0. The number of nitrogens with one attached hydrogen (secondary N) is 2. The average Bonchev–Trinajstić information content (AvgIpc) is 2.76. The highest BCUT2D eigenvalue weighted by Gasteiger charge is 2.21. The third kappa shape index (κ3) is 7.62. The molecule has 0 heterocycles. The molecule has 0 spiro atoms. The van der Waals surface area contributed by atoms with E-state index in [0.29, 0.717) is 30.2 Å². The van der Waals surface area contributed by atoms with Crippen LogP contribution in [-0.4, -0.2) is 33.1 Å². The first-order chi connectivity index (χ1) is 15.6. The van der Waals surface area contributed by atoms with Crippen LogP contribution in [0.5, 0.6) is 11.5 Å². The van der Waals surface area contributed by atoms with E-state index in [-0.39, 0.29) is 10.8 Å². The van der Waals surface area contributed by atoms with Gasteiger partial charge in [-0.2, -0.15) is 0 Å². The second kappa shape index (κ2) is 10.5. The van der Waals surface area contributed by atoms with E-state index in [1.54, 1.807) is 57.2 Å². The standard InChI is InChI=1S/C25H28N2O5S/c1-25(2,3)27-33(29,30)23-14-12-20(13-15-23)26-24(28)19-8-7-11-22(18-19)32-17-16-31-21-9-5-4-6-10-21/h4-15,18,27H,16-17H2,1-3H3,(H,26,28). The van der Waals surface area contributed by atoms with Gasteiger partial charge in [0, 0.05) is 16.8 Å². The average molecular weight is 469 g/mol. The molecule has 0 saturated carbocycles. The predicted octanol–water partition coefficient (Wildman–Crippen LogP) is 4.47. The number of sulfonamides is 1. The summed E-state index contributed by atoms with van der Waals surface area (Å²) in [5, 5.41) is 2.77. The van der Waals surface area contributed by atoms with E-state index in [9.17, 15) is 13.2 Å². The summed E-state index contributed by atoms with van der Waals surface area (Å²) in [6.45, 7) is 6.02. The van der Waals surface area contributed by atoms with E-state index in [2.05, 4.69) is 10.0 Å². The lowest BCUT2D eigenvalue weighted by atomic mass is 10.1. The summed E-state index contributed by atoms with van der Waals surface area (Å²) in [5.41, 5.74) is 0.312. The molecule has 0 aromatic heterocycles. The number of anilines is 1. The largest absolute Gasteiger partial charge is 0.490 e. The molecule has 0 aliphatic rings. The molecule has 8 heteroatoms. The minimum Gasteiger partial charge on any atom is -0.490 e. The molecule has 2 N–H and O–H groups in total. The second-order valence-electron chi connectivity index (χ2n) is 8.37. The van der Waals surface area contributed by atoms with Crippen molar-refractivity contribution >= 4 is 21.6 Å². The molecule has 0 atom stereocenters. The Hall–Kier alpha value is -3.36. The topological polar surface area (TPSA) is 93.7 Å². The summed E-state index contributed by atoms with van der Waals surface area (Å²) in [6.07, 6.45) is 0. The maximum absolute atomic E-state index is 12.6. The zero-order chi connectivity index (χ0) is 23.9. The molecule has 0 unspecified atom stereocenters. The number of carbonyl (C=O) groups excluding carboxylic acids is 1. The van der Waals surface area contributed by atoms with Crippen molar-refractivity contribution in [2.75, 3.05) is 18.5 Å². The first-order valence-corrected chi connectivity index (χ1v) is 12.0. The summed E-state index contributed by atoms with van der Waals surface area (Å²) in [6, 6.07) is 22.3. The molecule has 3 aromatic carbocycles. The second-order valence-corrected chi connectivity index (χ2v) is 10.1. The molecule has 3 aromatic rings. The first kappa shape index (κ1) is 24.3. The van der Waals surface area contributed by atoms with Crippen LogP contribution in [0.1, 0.15) is 31.1 Å². The van der Waals surface area contributed by atoms with Crippen molar-refractivity contribution in [3.63, 3.8) is 0 Å². The lowest BCUT2D eigenvalue weighted by molar-refractivity contribution is 0.102. The van der Waals surface area contributed by atoms with Gasteiger partial charge in [-0.1, -0.05) is 24.3 Å². The summed E-state index contributed by atoms with van der Waals surface area (Å²) in [4.78, 5) is 12.8. The Morgan fingerprint density at radius 2 is 1.42 bits per heavy atom. The van der Waals surface area contributed by atoms with Crippen LogP contribution in [0, 0.1) is 0 Å². The van der Waals surface area contributed by atoms with Crippen molar-refractivity contribution in [2.45, 2.75) is 31.2 Å². The lowest BCUT2D eigenvalue weighted by Gasteiger charge is -2.20. The van der Waals surface area contributed by atoms with Crippen molar-refractivity contribution in [2.24, 2.45) is 0 Å². The van der Waals surface area contributed by atoms with Crippen molar-refractivity contribution < 1.29 is 22.7 Å². The highest BCUT2D eigenvalue weighted by molar-refractivity contribution is 7.89. The number of hydrogen-bond donors (Lipinski definition) is 2. The van der Waals surface area contributed by atoms with Crippen molar-refractivity contribution in [3.05, 3.63) is 84.4 Å². The van der Waals surface area contributed by atoms with E-state index in [1.165, 1.54) is 12.1 Å². The van der Waals surface area contributed by atoms with Crippen LogP contribution in [0.2, 0.25) is 0 Å². The van der Waals surface area contributed by atoms with Crippen molar-refractivity contribution in [1.82, 2.24) is 4.72 Å². The fraction of sp³-hybridized carbons (Fsp3) is 0.240. The van der Waals surface area contributed by atoms with Gasteiger partial charge in [-0.25, -0.2) is 13.1 Å². The monoisotopic (exact) mass is 468 g/mol. The Bertz CT molecular complexity index is 1170. The van der Waals surface area contributed by atoms with Gasteiger partial charge in [0.05, 0.1) is 4.90 Å². The summed E-state index contributed by atoms with van der Waals surface area (Å²) in [5.74, 6) is 0.987. The summed E-state index contributed by atoms with van der Waals surface area (Å²) in [7, 11) is -3.64. The quantitative estimate of drug-likeness (QED) is 0.452. The SMILES string of the molecule is CC(C)(C)NS(=O)(=O)c1ccc(NC(=O)c2cccc(OCCOc3ccccc3)c2)cc1. The van der Waals surface area contributed by atoms with Gasteiger partial charge in [0.1, 0.15) is 24.7 Å². The number of rotatable bonds is 9. The Morgan fingerprint density at radius 3 is 2.06 bits per heavy atom. The Balaban J connectivity index is 1.56. The number of hydrogen-bond acceptors (Lipinski definition) is 5. The van der Waals surface area contributed by atoms with Crippen LogP contribution in [-0.2, 0) is 10.0 Å². The smallest absolute Gasteiger partial charge is 0.255 e. The van der Waals surface area contributed by atoms with E-state index < -0.39 is 15.6 Å². The van der Waals surface area contributed by atoms with Crippen molar-refractivity contribution in [1.29, 1.82) is 0 Å². The van der Waals surface area contributed by atoms with Gasteiger partial charge >= 0.3 is 0 Å². The van der Waals surface area contributed by atoms with Crippen LogP contribution < -0.4 is 19.5 Å². The Morgan fingerprint density at radius 1 is 0.818 bits per heavy atom. The molecule has 0 bridgehead atoms. The third-order valence-corrected chi connectivity index (χ3v) is 6.10. The lowest BCUT2D eigenvalue weighted by Crippen LogP contribution is -2.40. The van der Waals surface area contributed by atoms with Gasteiger partial charge in [-0.3, -0.25) is 4.79 Å². The number of amides is 1. The van der Waals surface area contributed by atoms with Crippen LogP contribution in [0.4, 0.5) is 5.69 Å². The van der Waals surface area contributed by atoms with Crippen LogP contribution >= 0.6 is 0 Å². The zero-order valence-corrected chi connectivity index (χ0v) is 19.7. The molecule has 3 rings (SSSR count). The van der Waals surface area contributed by atoms with Crippen LogP contribution in [0.3, 0.4) is 0 Å². The van der Waals surface area contributed by atoms with Crippen molar-refractivity contribution in [3.8, 4) is 11.5 Å². The molecule has 0 radical (unpaired) electrons. The van der Waals surface area contributed by atoms with Crippen LogP contribution in [0.25, 0.3) is 0 Å². The number of ether oxygens (including phenoxy) is 2. The molecule has 33 heavy (non-hydrogen) atoms. The summed E-state index contributed by atoms with van der Waals surface area (Å²) < 4.78 is 38.7. The van der Waals surface area contributed by atoms with E-state index >= 15 is 0 Å². The van der Waals surface area contributed by atoms with Crippen LogP contribution in [0.15, 0.2) is 83.8 Å². The van der Waals surface area contributed by atoms with Gasteiger partial charge < -0.3 is 14.8 Å². The first-order valence-electron chi connectivity index (χ1n) is 10.5. The van der Waals surface area contributed by atoms with E-state index in [1.807, 2.05) is 30.3 Å². The maximum Gasteiger partial charge on any atom is 0.255 e. The predicted molar refractivity (Wildman–Crippen MR) is 128 cm³/mol. The highest BCUT2D eigenvalue weighted by atomic mass is 32.2. The zero-order valence-electron chi connectivity index (χ0n) is 18.9. The molecule has 0 aliphatic heterocycles. The minimum atomic E-state index is -3.64. The number of benzene rings is 3. The number of carbonyl (C=O) groups is 1. The van der Waals surface area contributed by atoms with E-state index in [0.717, 1.165) is 5.75 Å². The fourth-order valence-corrected chi connectivity index (χ4v) is 4.36. The third-order valence-electron chi connectivity index (χ3n) is 4.32. The van der Waals surface area contributed by atoms with Gasteiger partial charge in [-0.15, -0.1) is 0 Å². The van der Waals surface area contributed by atoms with Gasteiger partial charge in [0.25, 0.3) is 5.91 Å². The normalized spacial score (nSPS) is 11.6. The molecule has 0 fully saturated rings. The molecule has 7 nitrogen and oxygen atoms in total. The minimum absolute atomic E-state index is 0.128. The van der Waals surface area contributed by atoms with Gasteiger partial charge in [-0.05, 0) is 75.4 Å². The van der Waals surface area contributed by atoms with E-state index in [4.69, 9.17) is 9.47 Å². The molecular weight excluding hydrogens is 440 g/mol. The molecular formula is C25H28N2O5S. The maximum atomic E-state index is 12.6. The Labute approximate surface area is 194 Å².